The summed E-state index contributed by atoms with van der Waals surface area (Å²) in [5, 5.41) is 13.7. The molecule has 0 radical (unpaired) electrons. The van der Waals surface area contributed by atoms with Gasteiger partial charge in [0.1, 0.15) is 6.04 Å². The van der Waals surface area contributed by atoms with Crippen molar-refractivity contribution in [1.82, 2.24) is 10.6 Å². The highest BCUT2D eigenvalue weighted by Gasteiger charge is 2.17. The van der Waals surface area contributed by atoms with E-state index in [0.29, 0.717) is 17.3 Å². The third-order valence-corrected chi connectivity index (χ3v) is 3.29. The van der Waals surface area contributed by atoms with Gasteiger partial charge in [-0.1, -0.05) is 18.5 Å². The first-order valence-corrected chi connectivity index (χ1v) is 6.23. The van der Waals surface area contributed by atoms with E-state index in [1.807, 2.05) is 6.07 Å². The molecule has 0 aliphatic heterocycles. The van der Waals surface area contributed by atoms with Gasteiger partial charge in [-0.2, -0.15) is 0 Å². The maximum Gasteiger partial charge on any atom is 0.326 e. The molecular formula is C10H13ClN2O3S. The van der Waals surface area contributed by atoms with Crippen molar-refractivity contribution in [1.29, 1.82) is 0 Å². The summed E-state index contributed by atoms with van der Waals surface area (Å²) in [5.41, 5.74) is 0. The Morgan fingerprint density at radius 3 is 2.71 bits per heavy atom. The van der Waals surface area contributed by atoms with Crippen molar-refractivity contribution >= 4 is 34.9 Å². The fraction of sp³-hybridized carbons (Fsp3) is 0.400. The Balaban J connectivity index is 2.37. The number of hydrogen-bond donors (Lipinski definition) is 3. The van der Waals surface area contributed by atoms with Crippen LogP contribution >= 0.6 is 22.9 Å². The molecule has 7 heteroatoms. The average Bonchev–Trinajstić information content (AvgIpc) is 2.68. The van der Waals surface area contributed by atoms with Crippen molar-refractivity contribution in [2.45, 2.75) is 25.9 Å². The SMILES string of the molecule is CC[C@@H](NC(=O)NCc1ccc(Cl)s1)C(=O)O. The van der Waals surface area contributed by atoms with Gasteiger partial charge in [-0.3, -0.25) is 0 Å². The first-order valence-electron chi connectivity index (χ1n) is 5.04. The van der Waals surface area contributed by atoms with Gasteiger partial charge in [0, 0.05) is 4.88 Å². The standard InChI is InChI=1S/C10H13ClN2O3S/c1-2-7(9(14)15)13-10(16)12-5-6-3-4-8(11)17-6/h3-4,7H,2,5H2,1H3,(H,14,15)(H2,12,13,16)/t7-/m1/s1. The third kappa shape index (κ3) is 4.62. The average molecular weight is 277 g/mol. The quantitative estimate of drug-likeness (QED) is 0.770. The molecular weight excluding hydrogens is 264 g/mol. The molecule has 0 spiro atoms. The fourth-order valence-corrected chi connectivity index (χ4v) is 2.19. The second-order valence-corrected chi connectivity index (χ2v) is 5.13. The predicted octanol–water partition coefficient (Wildman–Crippen LogP) is 2.06. The summed E-state index contributed by atoms with van der Waals surface area (Å²) in [7, 11) is 0. The highest BCUT2D eigenvalue weighted by atomic mass is 35.5. The largest absolute Gasteiger partial charge is 0.480 e. The third-order valence-electron chi connectivity index (χ3n) is 2.06. The van der Waals surface area contributed by atoms with Crippen LogP contribution in [0.5, 0.6) is 0 Å². The molecule has 5 nitrogen and oxygen atoms in total. The van der Waals surface area contributed by atoms with Crippen molar-refractivity contribution in [3.8, 4) is 0 Å². The zero-order valence-corrected chi connectivity index (χ0v) is 10.8. The van der Waals surface area contributed by atoms with Crippen LogP contribution < -0.4 is 10.6 Å². The number of carbonyl (C=O) groups is 2. The van der Waals surface area contributed by atoms with Gasteiger partial charge >= 0.3 is 12.0 Å². The highest BCUT2D eigenvalue weighted by Crippen LogP contribution is 2.20. The lowest BCUT2D eigenvalue weighted by atomic mass is 10.2. The summed E-state index contributed by atoms with van der Waals surface area (Å²) in [4.78, 5) is 23.0. The van der Waals surface area contributed by atoms with E-state index in [0.717, 1.165) is 4.88 Å². The molecule has 2 amide bonds. The van der Waals surface area contributed by atoms with Crippen LogP contribution in [0.4, 0.5) is 4.79 Å². The molecule has 0 aromatic carbocycles. The van der Waals surface area contributed by atoms with Crippen molar-refractivity contribution < 1.29 is 14.7 Å². The van der Waals surface area contributed by atoms with Crippen LogP contribution in [0.3, 0.4) is 0 Å². The topological polar surface area (TPSA) is 78.4 Å². The molecule has 0 fully saturated rings. The molecule has 0 unspecified atom stereocenters. The summed E-state index contributed by atoms with van der Waals surface area (Å²) in [6, 6.07) is 2.19. The number of aliphatic carboxylic acids is 1. The van der Waals surface area contributed by atoms with E-state index in [2.05, 4.69) is 10.6 Å². The number of hydrogen-bond acceptors (Lipinski definition) is 3. The van der Waals surface area contributed by atoms with E-state index < -0.39 is 18.0 Å². The molecule has 0 aliphatic rings. The van der Waals surface area contributed by atoms with E-state index in [9.17, 15) is 9.59 Å². The van der Waals surface area contributed by atoms with E-state index in [1.54, 1.807) is 13.0 Å². The summed E-state index contributed by atoms with van der Waals surface area (Å²) in [6.07, 6.45) is 0.341. The molecule has 1 aromatic heterocycles. The smallest absolute Gasteiger partial charge is 0.326 e. The van der Waals surface area contributed by atoms with Crippen molar-refractivity contribution in [2.24, 2.45) is 0 Å². The second kappa shape index (κ2) is 6.46. The van der Waals surface area contributed by atoms with Crippen LogP contribution in [0.25, 0.3) is 0 Å². The van der Waals surface area contributed by atoms with Gasteiger partial charge in [-0.05, 0) is 18.6 Å². The number of rotatable bonds is 5. The second-order valence-electron chi connectivity index (χ2n) is 3.33. The molecule has 0 aliphatic carbocycles. The number of carbonyl (C=O) groups excluding carboxylic acids is 1. The van der Waals surface area contributed by atoms with Crippen molar-refractivity contribution in [3.63, 3.8) is 0 Å². The minimum Gasteiger partial charge on any atom is -0.480 e. The Morgan fingerprint density at radius 1 is 1.53 bits per heavy atom. The summed E-state index contributed by atoms with van der Waals surface area (Å²) < 4.78 is 0.652. The number of thiophene rings is 1. The zero-order chi connectivity index (χ0) is 12.8. The first-order chi connectivity index (χ1) is 8.02. The molecule has 0 bridgehead atoms. The number of halogens is 1. The van der Waals surface area contributed by atoms with Crippen LogP contribution in [0.2, 0.25) is 4.34 Å². The van der Waals surface area contributed by atoms with Gasteiger partial charge in [0.25, 0.3) is 0 Å². The Morgan fingerprint density at radius 2 is 2.24 bits per heavy atom. The van der Waals surface area contributed by atoms with Crippen LogP contribution in [0, 0.1) is 0 Å². The maximum absolute atomic E-state index is 11.4. The molecule has 1 heterocycles. The lowest BCUT2D eigenvalue weighted by molar-refractivity contribution is -0.139. The number of urea groups is 1. The van der Waals surface area contributed by atoms with E-state index in [1.165, 1.54) is 11.3 Å². The van der Waals surface area contributed by atoms with Gasteiger partial charge in [0.15, 0.2) is 0 Å². The van der Waals surface area contributed by atoms with Gasteiger partial charge in [-0.25, -0.2) is 9.59 Å². The lowest BCUT2D eigenvalue weighted by Crippen LogP contribution is -2.45. The first kappa shape index (κ1) is 13.8. The normalized spacial score (nSPS) is 11.9. The Kier molecular flexibility index (Phi) is 5.24. The summed E-state index contributed by atoms with van der Waals surface area (Å²) in [6.45, 7) is 2.03. The molecule has 1 atom stereocenters. The van der Waals surface area contributed by atoms with Crippen molar-refractivity contribution in [3.05, 3.63) is 21.3 Å². The molecule has 0 saturated carbocycles. The van der Waals surface area contributed by atoms with Crippen LogP contribution in [-0.4, -0.2) is 23.1 Å². The van der Waals surface area contributed by atoms with Crippen LogP contribution in [0.1, 0.15) is 18.2 Å². The fourth-order valence-electron chi connectivity index (χ4n) is 1.16. The zero-order valence-electron chi connectivity index (χ0n) is 9.20. The number of nitrogens with one attached hydrogen (secondary N) is 2. The minimum absolute atomic E-state index is 0.333. The number of carboxylic acids is 1. The van der Waals surface area contributed by atoms with E-state index in [4.69, 9.17) is 16.7 Å². The van der Waals surface area contributed by atoms with Gasteiger partial charge in [-0.15, -0.1) is 11.3 Å². The van der Waals surface area contributed by atoms with Gasteiger partial charge in [0.2, 0.25) is 0 Å². The summed E-state index contributed by atoms with van der Waals surface area (Å²) in [5.74, 6) is -1.04. The minimum atomic E-state index is -1.04. The monoisotopic (exact) mass is 276 g/mol. The number of amides is 2. The molecule has 0 saturated heterocycles. The Bertz CT molecular complexity index is 408. The van der Waals surface area contributed by atoms with Crippen molar-refractivity contribution in [2.75, 3.05) is 0 Å². The molecule has 17 heavy (non-hydrogen) atoms. The Hall–Kier alpha value is -1.27. The molecule has 1 aromatic rings. The predicted molar refractivity (Wildman–Crippen MR) is 66.4 cm³/mol. The van der Waals surface area contributed by atoms with Crippen LogP contribution in [0.15, 0.2) is 12.1 Å². The highest BCUT2D eigenvalue weighted by molar-refractivity contribution is 7.16. The Labute approximate surface area is 108 Å². The molecule has 3 N–H and O–H groups in total. The molecule has 94 valence electrons. The number of carboxylic acid groups (broad SMARTS) is 1. The van der Waals surface area contributed by atoms with E-state index in [-0.39, 0.29) is 0 Å². The maximum atomic E-state index is 11.4. The van der Waals surface area contributed by atoms with E-state index >= 15 is 0 Å². The summed E-state index contributed by atoms with van der Waals surface area (Å²) >= 11 is 7.10. The lowest BCUT2D eigenvalue weighted by Gasteiger charge is -2.12. The van der Waals surface area contributed by atoms with Gasteiger partial charge < -0.3 is 15.7 Å². The van der Waals surface area contributed by atoms with Gasteiger partial charge in [0.05, 0.1) is 10.9 Å². The van der Waals surface area contributed by atoms with Crippen LogP contribution in [-0.2, 0) is 11.3 Å². The molecule has 1 rings (SSSR count).